The summed E-state index contributed by atoms with van der Waals surface area (Å²) in [6.45, 7) is -0.160. The van der Waals surface area contributed by atoms with Crippen molar-refractivity contribution in [1.82, 2.24) is 5.32 Å². The first-order valence-corrected chi connectivity index (χ1v) is 4.44. The minimum Gasteiger partial charge on any atom is -0.488 e. The van der Waals surface area contributed by atoms with Crippen LogP contribution in [0.25, 0.3) is 0 Å². The fourth-order valence-electron chi connectivity index (χ4n) is 1.06. The van der Waals surface area contributed by atoms with Crippen LogP contribution >= 0.6 is 0 Å². The van der Waals surface area contributed by atoms with E-state index >= 15 is 0 Å². The SMILES string of the molecule is CNC(=O)c1ccc(OCCO)c(F)c1. The molecule has 0 aliphatic rings. The smallest absolute Gasteiger partial charge is 0.251 e. The second kappa shape index (κ2) is 5.31. The number of amides is 1. The molecule has 0 atom stereocenters. The Balaban J connectivity index is 2.83. The van der Waals surface area contributed by atoms with Crippen LogP contribution in [0.1, 0.15) is 10.4 Å². The van der Waals surface area contributed by atoms with E-state index in [9.17, 15) is 9.18 Å². The number of benzene rings is 1. The van der Waals surface area contributed by atoms with Gasteiger partial charge in [0, 0.05) is 12.6 Å². The highest BCUT2D eigenvalue weighted by molar-refractivity contribution is 5.94. The van der Waals surface area contributed by atoms with Crippen molar-refractivity contribution in [1.29, 1.82) is 0 Å². The van der Waals surface area contributed by atoms with E-state index in [0.717, 1.165) is 6.07 Å². The first-order valence-electron chi connectivity index (χ1n) is 4.44. The summed E-state index contributed by atoms with van der Waals surface area (Å²) in [7, 11) is 1.47. The van der Waals surface area contributed by atoms with E-state index < -0.39 is 5.82 Å². The second-order valence-corrected chi connectivity index (χ2v) is 2.80. The zero-order chi connectivity index (χ0) is 11.3. The third-order valence-corrected chi connectivity index (χ3v) is 1.77. The molecule has 0 aromatic heterocycles. The summed E-state index contributed by atoms with van der Waals surface area (Å²) in [5, 5.41) is 10.9. The number of aliphatic hydroxyl groups excluding tert-OH is 1. The van der Waals surface area contributed by atoms with Crippen LogP contribution in [0.5, 0.6) is 5.75 Å². The minimum absolute atomic E-state index is 0.0240. The molecule has 15 heavy (non-hydrogen) atoms. The predicted molar refractivity (Wildman–Crippen MR) is 52.4 cm³/mol. The topological polar surface area (TPSA) is 58.6 Å². The van der Waals surface area contributed by atoms with Crippen molar-refractivity contribution in [2.24, 2.45) is 0 Å². The van der Waals surface area contributed by atoms with Gasteiger partial charge in [-0.2, -0.15) is 0 Å². The minimum atomic E-state index is -0.621. The van der Waals surface area contributed by atoms with Crippen LogP contribution in [0.3, 0.4) is 0 Å². The average molecular weight is 213 g/mol. The number of rotatable bonds is 4. The molecule has 0 heterocycles. The summed E-state index contributed by atoms with van der Waals surface area (Å²) in [4.78, 5) is 11.1. The fraction of sp³-hybridized carbons (Fsp3) is 0.300. The molecular weight excluding hydrogens is 201 g/mol. The number of hydrogen-bond acceptors (Lipinski definition) is 3. The molecule has 82 valence electrons. The molecule has 0 aliphatic heterocycles. The van der Waals surface area contributed by atoms with Crippen molar-refractivity contribution in [3.8, 4) is 5.75 Å². The summed E-state index contributed by atoms with van der Waals surface area (Å²) in [6, 6.07) is 3.90. The molecule has 0 saturated carbocycles. The zero-order valence-electron chi connectivity index (χ0n) is 8.29. The van der Waals surface area contributed by atoms with E-state index in [1.807, 2.05) is 0 Å². The Morgan fingerprint density at radius 3 is 2.87 bits per heavy atom. The van der Waals surface area contributed by atoms with Crippen molar-refractivity contribution in [2.75, 3.05) is 20.3 Å². The lowest BCUT2D eigenvalue weighted by Gasteiger charge is -2.06. The summed E-state index contributed by atoms with van der Waals surface area (Å²) in [6.07, 6.45) is 0. The molecule has 1 rings (SSSR count). The molecule has 0 saturated heterocycles. The van der Waals surface area contributed by atoms with Gasteiger partial charge in [-0.05, 0) is 18.2 Å². The van der Waals surface area contributed by atoms with Gasteiger partial charge >= 0.3 is 0 Å². The van der Waals surface area contributed by atoms with Gasteiger partial charge in [0.2, 0.25) is 0 Å². The molecule has 1 aromatic carbocycles. The third-order valence-electron chi connectivity index (χ3n) is 1.77. The normalized spacial score (nSPS) is 9.80. The van der Waals surface area contributed by atoms with Gasteiger partial charge in [0.25, 0.3) is 5.91 Å². The van der Waals surface area contributed by atoms with Crippen LogP contribution in [0.2, 0.25) is 0 Å². The number of halogens is 1. The monoisotopic (exact) mass is 213 g/mol. The number of carbonyl (C=O) groups is 1. The molecule has 0 unspecified atom stereocenters. The van der Waals surface area contributed by atoms with Crippen molar-refractivity contribution < 1.29 is 19.0 Å². The fourth-order valence-corrected chi connectivity index (χ4v) is 1.06. The molecular formula is C10H12FNO3. The van der Waals surface area contributed by atoms with Gasteiger partial charge in [-0.15, -0.1) is 0 Å². The summed E-state index contributed by atoms with van der Waals surface area (Å²) < 4.78 is 18.2. The Labute approximate surface area is 86.7 Å². The highest BCUT2D eigenvalue weighted by Gasteiger charge is 2.08. The van der Waals surface area contributed by atoms with Crippen molar-refractivity contribution >= 4 is 5.91 Å². The van der Waals surface area contributed by atoms with Crippen LogP contribution in [0.15, 0.2) is 18.2 Å². The summed E-state index contributed by atoms with van der Waals surface area (Å²) >= 11 is 0. The van der Waals surface area contributed by atoms with Gasteiger partial charge in [0.15, 0.2) is 11.6 Å². The van der Waals surface area contributed by atoms with Crippen molar-refractivity contribution in [2.45, 2.75) is 0 Å². The Kier molecular flexibility index (Phi) is 4.05. The van der Waals surface area contributed by atoms with Gasteiger partial charge in [0.1, 0.15) is 6.61 Å². The maximum atomic E-state index is 13.3. The Morgan fingerprint density at radius 2 is 2.33 bits per heavy atom. The average Bonchev–Trinajstić information content (AvgIpc) is 2.26. The second-order valence-electron chi connectivity index (χ2n) is 2.80. The lowest BCUT2D eigenvalue weighted by molar-refractivity contribution is 0.0962. The molecule has 5 heteroatoms. The molecule has 0 spiro atoms. The number of nitrogens with one attached hydrogen (secondary N) is 1. The number of aliphatic hydroxyl groups is 1. The van der Waals surface area contributed by atoms with E-state index in [4.69, 9.17) is 9.84 Å². The van der Waals surface area contributed by atoms with Crippen LogP contribution in [-0.2, 0) is 0 Å². The summed E-state index contributed by atoms with van der Waals surface area (Å²) in [5.74, 6) is -0.955. The molecule has 2 N–H and O–H groups in total. The number of carbonyl (C=O) groups excluding carboxylic acids is 1. The van der Waals surface area contributed by atoms with Crippen LogP contribution in [0, 0.1) is 5.82 Å². The predicted octanol–water partition coefficient (Wildman–Crippen LogP) is 0.556. The van der Waals surface area contributed by atoms with Crippen molar-refractivity contribution in [3.05, 3.63) is 29.6 Å². The molecule has 0 fully saturated rings. The van der Waals surface area contributed by atoms with Crippen LogP contribution < -0.4 is 10.1 Å². The Bertz CT molecular complexity index is 355. The Morgan fingerprint density at radius 1 is 1.60 bits per heavy atom. The van der Waals surface area contributed by atoms with E-state index in [0.29, 0.717) is 0 Å². The van der Waals surface area contributed by atoms with Crippen LogP contribution in [0.4, 0.5) is 4.39 Å². The number of ether oxygens (including phenoxy) is 1. The quantitative estimate of drug-likeness (QED) is 0.768. The van der Waals surface area contributed by atoms with Gasteiger partial charge in [0.05, 0.1) is 6.61 Å². The summed E-state index contributed by atoms with van der Waals surface area (Å²) in [5.41, 5.74) is 0.228. The van der Waals surface area contributed by atoms with E-state index in [1.165, 1.54) is 19.2 Å². The molecule has 1 aromatic rings. The standard InChI is InChI=1S/C10H12FNO3/c1-12-10(14)7-2-3-9(8(11)6-7)15-5-4-13/h2-3,6,13H,4-5H2,1H3,(H,12,14). The van der Waals surface area contributed by atoms with E-state index in [1.54, 1.807) is 0 Å². The van der Waals surface area contributed by atoms with Gasteiger partial charge < -0.3 is 15.2 Å². The van der Waals surface area contributed by atoms with Gasteiger partial charge in [-0.25, -0.2) is 4.39 Å². The van der Waals surface area contributed by atoms with Gasteiger partial charge in [-0.1, -0.05) is 0 Å². The molecule has 0 radical (unpaired) electrons. The lowest BCUT2D eigenvalue weighted by atomic mass is 10.2. The molecule has 1 amide bonds. The third kappa shape index (κ3) is 2.92. The van der Waals surface area contributed by atoms with Crippen molar-refractivity contribution in [3.63, 3.8) is 0 Å². The highest BCUT2D eigenvalue weighted by Crippen LogP contribution is 2.18. The van der Waals surface area contributed by atoms with Crippen LogP contribution in [-0.4, -0.2) is 31.3 Å². The Hall–Kier alpha value is -1.62. The first kappa shape index (κ1) is 11.5. The molecule has 0 aliphatic carbocycles. The van der Waals surface area contributed by atoms with E-state index in [-0.39, 0.29) is 30.4 Å². The maximum absolute atomic E-state index is 13.3. The highest BCUT2D eigenvalue weighted by atomic mass is 19.1. The van der Waals surface area contributed by atoms with Gasteiger partial charge in [-0.3, -0.25) is 4.79 Å². The van der Waals surface area contributed by atoms with E-state index in [2.05, 4.69) is 5.32 Å². The molecule has 4 nitrogen and oxygen atoms in total. The lowest BCUT2D eigenvalue weighted by Crippen LogP contribution is -2.18. The first-order chi connectivity index (χ1) is 7.19. The largest absolute Gasteiger partial charge is 0.488 e. The number of hydrogen-bond donors (Lipinski definition) is 2. The molecule has 0 bridgehead atoms. The maximum Gasteiger partial charge on any atom is 0.251 e. The zero-order valence-corrected chi connectivity index (χ0v) is 8.29.